The van der Waals surface area contributed by atoms with Crippen LogP contribution < -0.4 is 5.32 Å². The fourth-order valence-electron chi connectivity index (χ4n) is 4.03. The highest BCUT2D eigenvalue weighted by atomic mass is 16.5. The molecule has 2 aliphatic rings. The monoisotopic (exact) mass is 355 g/mol. The zero-order valence-corrected chi connectivity index (χ0v) is 15.8. The Labute approximate surface area is 150 Å². The van der Waals surface area contributed by atoms with Crippen LogP contribution in [0.2, 0.25) is 0 Å². The number of carbonyl (C=O) groups is 2. The highest BCUT2D eigenvalue weighted by Gasteiger charge is 2.29. The lowest BCUT2D eigenvalue weighted by Crippen LogP contribution is -2.53. The fourth-order valence-corrected chi connectivity index (χ4v) is 4.03. The van der Waals surface area contributed by atoms with E-state index >= 15 is 0 Å². The average molecular weight is 355 g/mol. The van der Waals surface area contributed by atoms with E-state index in [0.717, 1.165) is 6.54 Å². The number of carboxylic acid groups (broad SMARTS) is 1. The van der Waals surface area contributed by atoms with Crippen LogP contribution in [0.5, 0.6) is 0 Å². The van der Waals surface area contributed by atoms with Gasteiger partial charge >= 0.3 is 12.0 Å². The summed E-state index contributed by atoms with van der Waals surface area (Å²) < 4.78 is 5.68. The number of hydrogen-bond donors (Lipinski definition) is 2. The third-order valence-corrected chi connectivity index (χ3v) is 5.20. The minimum Gasteiger partial charge on any atom is -0.480 e. The number of rotatable bonds is 6. The van der Waals surface area contributed by atoms with Gasteiger partial charge in [-0.2, -0.15) is 0 Å². The van der Waals surface area contributed by atoms with E-state index in [2.05, 4.69) is 19.2 Å². The van der Waals surface area contributed by atoms with E-state index in [1.807, 2.05) is 0 Å². The molecule has 2 unspecified atom stereocenters. The maximum absolute atomic E-state index is 12.5. The predicted molar refractivity (Wildman–Crippen MR) is 95.6 cm³/mol. The molecule has 0 aromatic heterocycles. The molecule has 0 bridgehead atoms. The van der Waals surface area contributed by atoms with Gasteiger partial charge in [-0.05, 0) is 37.6 Å². The molecule has 1 saturated heterocycles. The molecule has 2 rings (SSSR count). The zero-order chi connectivity index (χ0) is 18.4. The van der Waals surface area contributed by atoms with Crippen molar-refractivity contribution >= 4 is 12.0 Å². The molecule has 0 spiro atoms. The molecule has 1 aliphatic heterocycles. The summed E-state index contributed by atoms with van der Waals surface area (Å²) in [6, 6.07) is -0.0300. The van der Waals surface area contributed by atoms with Gasteiger partial charge in [0.15, 0.2) is 0 Å². The minimum atomic E-state index is -0.858. The summed E-state index contributed by atoms with van der Waals surface area (Å²) in [5.74, 6) is -0.297. The van der Waals surface area contributed by atoms with Crippen LogP contribution in [0.15, 0.2) is 0 Å². The summed E-state index contributed by atoms with van der Waals surface area (Å²) in [5.41, 5.74) is 0.381. The van der Waals surface area contributed by atoms with Crippen molar-refractivity contribution in [2.45, 2.75) is 45.6 Å². The first kappa shape index (κ1) is 20.0. The third kappa shape index (κ3) is 6.82. The van der Waals surface area contributed by atoms with Crippen molar-refractivity contribution in [3.63, 3.8) is 0 Å². The van der Waals surface area contributed by atoms with Crippen LogP contribution in [-0.4, -0.2) is 79.4 Å². The largest absolute Gasteiger partial charge is 0.480 e. The Hall–Kier alpha value is -1.34. The Balaban J connectivity index is 1.74. The number of aliphatic carboxylic acids is 1. The van der Waals surface area contributed by atoms with Gasteiger partial charge in [0.05, 0.1) is 19.3 Å². The van der Waals surface area contributed by atoms with Gasteiger partial charge in [0.1, 0.15) is 0 Å². The molecule has 0 aromatic carbocycles. The van der Waals surface area contributed by atoms with Gasteiger partial charge in [0.25, 0.3) is 0 Å². The van der Waals surface area contributed by atoms with Crippen molar-refractivity contribution in [1.29, 1.82) is 0 Å². The number of nitrogens with zero attached hydrogens (tertiary/aromatic N) is 2. The number of carboxylic acids is 1. The van der Waals surface area contributed by atoms with E-state index in [-0.39, 0.29) is 18.7 Å². The smallest absolute Gasteiger partial charge is 0.317 e. The summed E-state index contributed by atoms with van der Waals surface area (Å²) in [6.07, 6.45) is 4.72. The molecule has 2 fully saturated rings. The van der Waals surface area contributed by atoms with Crippen molar-refractivity contribution in [2.75, 3.05) is 46.4 Å². The number of hydrogen-bond acceptors (Lipinski definition) is 4. The summed E-state index contributed by atoms with van der Waals surface area (Å²) >= 11 is 0. The number of amides is 2. The van der Waals surface area contributed by atoms with Crippen LogP contribution in [0.25, 0.3) is 0 Å². The zero-order valence-electron chi connectivity index (χ0n) is 15.8. The molecule has 0 radical (unpaired) electrons. The van der Waals surface area contributed by atoms with Crippen molar-refractivity contribution in [3.05, 3.63) is 0 Å². The molecular formula is C18H33N3O4. The van der Waals surface area contributed by atoms with Crippen LogP contribution >= 0.6 is 0 Å². The number of likely N-dealkylation sites (N-methyl/N-ethyl adjacent to an activating group) is 1. The van der Waals surface area contributed by atoms with E-state index in [0.29, 0.717) is 37.6 Å². The Kier molecular flexibility index (Phi) is 7.07. The number of urea groups is 1. The molecule has 0 aromatic rings. The van der Waals surface area contributed by atoms with E-state index in [1.54, 1.807) is 16.8 Å². The maximum atomic E-state index is 12.5. The van der Waals surface area contributed by atoms with Crippen LogP contribution in [0, 0.1) is 11.3 Å². The standard InChI is InChI=1S/C18H33N3O4/c1-18(2)6-4-5-14(9-18)10-19-17(24)21-7-8-25-15(12-21)11-20(3)13-16(22)23/h14-15H,4-13H2,1-3H3,(H,19,24)(H,22,23). The van der Waals surface area contributed by atoms with E-state index in [1.165, 1.54) is 25.7 Å². The molecule has 7 heteroatoms. The van der Waals surface area contributed by atoms with E-state index < -0.39 is 5.97 Å². The predicted octanol–water partition coefficient (Wildman–Crippen LogP) is 1.63. The molecule has 1 heterocycles. The molecule has 1 saturated carbocycles. The number of ether oxygens (including phenoxy) is 1. The van der Waals surface area contributed by atoms with Gasteiger partial charge in [-0.1, -0.05) is 20.3 Å². The Bertz CT molecular complexity index is 469. The Morgan fingerprint density at radius 2 is 2.16 bits per heavy atom. The second kappa shape index (κ2) is 8.85. The van der Waals surface area contributed by atoms with Crippen LogP contribution in [0.4, 0.5) is 4.79 Å². The van der Waals surface area contributed by atoms with Crippen LogP contribution in [-0.2, 0) is 9.53 Å². The van der Waals surface area contributed by atoms with Crippen LogP contribution in [0.3, 0.4) is 0 Å². The van der Waals surface area contributed by atoms with Gasteiger partial charge < -0.3 is 20.1 Å². The number of morpholine rings is 1. The molecular weight excluding hydrogens is 322 g/mol. The number of nitrogens with one attached hydrogen (secondary N) is 1. The molecule has 1 aliphatic carbocycles. The van der Waals surface area contributed by atoms with Crippen molar-refractivity contribution < 1.29 is 19.4 Å². The van der Waals surface area contributed by atoms with Gasteiger partial charge in [-0.15, -0.1) is 0 Å². The van der Waals surface area contributed by atoms with Gasteiger partial charge in [0.2, 0.25) is 0 Å². The van der Waals surface area contributed by atoms with Crippen molar-refractivity contribution in [1.82, 2.24) is 15.1 Å². The average Bonchev–Trinajstić information content (AvgIpc) is 2.51. The topological polar surface area (TPSA) is 82.1 Å². The lowest BCUT2D eigenvalue weighted by molar-refractivity contribution is -0.138. The highest BCUT2D eigenvalue weighted by Crippen LogP contribution is 2.38. The molecule has 2 N–H and O–H groups in total. The first-order chi connectivity index (χ1) is 11.7. The Morgan fingerprint density at radius 1 is 1.40 bits per heavy atom. The highest BCUT2D eigenvalue weighted by molar-refractivity contribution is 5.74. The lowest BCUT2D eigenvalue weighted by Gasteiger charge is -2.37. The Morgan fingerprint density at radius 3 is 2.84 bits per heavy atom. The normalized spacial score (nSPS) is 26.5. The number of carbonyl (C=O) groups excluding carboxylic acids is 1. The summed E-state index contributed by atoms with van der Waals surface area (Å²) in [7, 11) is 1.75. The second-order valence-electron chi connectivity index (χ2n) is 8.34. The quantitative estimate of drug-likeness (QED) is 0.757. The molecule has 2 amide bonds. The second-order valence-corrected chi connectivity index (χ2v) is 8.34. The summed E-state index contributed by atoms with van der Waals surface area (Å²) in [5, 5.41) is 11.9. The molecule has 144 valence electrons. The fraction of sp³-hybridized carbons (Fsp3) is 0.889. The molecule has 25 heavy (non-hydrogen) atoms. The molecule has 2 atom stereocenters. The summed E-state index contributed by atoms with van der Waals surface area (Å²) in [4.78, 5) is 26.7. The van der Waals surface area contributed by atoms with E-state index in [4.69, 9.17) is 9.84 Å². The van der Waals surface area contributed by atoms with Crippen molar-refractivity contribution in [2.24, 2.45) is 11.3 Å². The van der Waals surface area contributed by atoms with Crippen molar-refractivity contribution in [3.8, 4) is 0 Å². The lowest BCUT2D eigenvalue weighted by atomic mass is 9.72. The SMILES string of the molecule is CN(CC(=O)O)CC1CN(C(=O)NCC2CCCC(C)(C)C2)CCO1. The molecule has 7 nitrogen and oxygen atoms in total. The van der Waals surface area contributed by atoms with Gasteiger partial charge in [0, 0.05) is 26.2 Å². The maximum Gasteiger partial charge on any atom is 0.317 e. The van der Waals surface area contributed by atoms with Gasteiger partial charge in [-0.3, -0.25) is 9.69 Å². The van der Waals surface area contributed by atoms with Gasteiger partial charge in [-0.25, -0.2) is 4.79 Å². The first-order valence-corrected chi connectivity index (χ1v) is 9.30. The first-order valence-electron chi connectivity index (χ1n) is 9.30. The van der Waals surface area contributed by atoms with Crippen LogP contribution in [0.1, 0.15) is 39.5 Å². The summed E-state index contributed by atoms with van der Waals surface area (Å²) in [6.45, 7) is 7.42. The third-order valence-electron chi connectivity index (χ3n) is 5.20. The minimum absolute atomic E-state index is 0.0243. The van der Waals surface area contributed by atoms with E-state index in [9.17, 15) is 9.59 Å².